The maximum Gasteiger partial charge on any atom is 0.237 e. The highest BCUT2D eigenvalue weighted by atomic mass is 16.5. The van der Waals surface area contributed by atoms with Crippen molar-refractivity contribution >= 4 is 5.91 Å². The van der Waals surface area contributed by atoms with Gasteiger partial charge >= 0.3 is 0 Å². The Morgan fingerprint density at radius 2 is 1.96 bits per heavy atom. The highest BCUT2D eigenvalue weighted by Crippen LogP contribution is 2.08. The Kier molecular flexibility index (Phi) is 7.52. The van der Waals surface area contributed by atoms with Gasteiger partial charge in [0.05, 0.1) is 19.8 Å². The van der Waals surface area contributed by atoms with E-state index in [9.17, 15) is 4.79 Å². The monoisotopic (exact) mass is 319 g/mol. The fourth-order valence-electron chi connectivity index (χ4n) is 2.70. The number of carbonyl (C=O) groups excluding carboxylic acids is 1. The van der Waals surface area contributed by atoms with Gasteiger partial charge in [0.1, 0.15) is 0 Å². The van der Waals surface area contributed by atoms with E-state index in [4.69, 9.17) is 4.74 Å². The Hall–Kier alpha value is -1.43. The predicted octanol–water partition coefficient (Wildman–Crippen LogP) is 1.35. The van der Waals surface area contributed by atoms with Crippen molar-refractivity contribution in [3.05, 3.63) is 35.9 Å². The Labute approximate surface area is 139 Å². The van der Waals surface area contributed by atoms with Gasteiger partial charge in [-0.05, 0) is 19.4 Å². The van der Waals surface area contributed by atoms with E-state index in [1.807, 2.05) is 23.1 Å². The van der Waals surface area contributed by atoms with E-state index in [0.717, 1.165) is 39.4 Å². The number of carbonyl (C=O) groups is 1. The van der Waals surface area contributed by atoms with Gasteiger partial charge in [-0.2, -0.15) is 0 Å². The first kappa shape index (κ1) is 17.9. The second kappa shape index (κ2) is 9.65. The van der Waals surface area contributed by atoms with Crippen LogP contribution in [-0.2, 0) is 16.1 Å². The van der Waals surface area contributed by atoms with Crippen LogP contribution in [0.5, 0.6) is 0 Å². The van der Waals surface area contributed by atoms with Gasteiger partial charge in [-0.3, -0.25) is 9.69 Å². The summed E-state index contributed by atoms with van der Waals surface area (Å²) in [4.78, 5) is 16.8. The number of nitrogens with zero attached hydrogens (tertiary/aromatic N) is 2. The smallest absolute Gasteiger partial charge is 0.237 e. The molecule has 1 saturated heterocycles. The van der Waals surface area contributed by atoms with Crippen molar-refractivity contribution in [1.29, 1.82) is 0 Å². The van der Waals surface area contributed by atoms with Crippen LogP contribution in [0.3, 0.4) is 0 Å². The van der Waals surface area contributed by atoms with Crippen LogP contribution < -0.4 is 5.32 Å². The van der Waals surface area contributed by atoms with Crippen molar-refractivity contribution < 1.29 is 9.53 Å². The lowest BCUT2D eigenvalue weighted by Crippen LogP contribution is -2.44. The van der Waals surface area contributed by atoms with Crippen molar-refractivity contribution in [1.82, 2.24) is 15.1 Å². The first-order valence-electron chi connectivity index (χ1n) is 8.51. The van der Waals surface area contributed by atoms with Crippen molar-refractivity contribution in [2.75, 3.05) is 45.9 Å². The van der Waals surface area contributed by atoms with Gasteiger partial charge in [-0.25, -0.2) is 0 Å². The first-order chi connectivity index (χ1) is 11.2. The molecule has 0 saturated carbocycles. The van der Waals surface area contributed by atoms with Gasteiger partial charge in [0, 0.05) is 38.8 Å². The maximum atomic E-state index is 12.5. The number of benzene rings is 1. The molecule has 2 rings (SSSR count). The molecule has 1 aliphatic heterocycles. The molecule has 1 aromatic carbocycles. The minimum absolute atomic E-state index is 0.158. The standard InChI is InChI=1S/C18H29N3O2/c1-16(2)21(15-17-6-4-3-5-7-17)18(22)14-19-8-9-20-10-12-23-13-11-20/h3-7,16,19H,8-15H2,1-2H3. The van der Waals surface area contributed by atoms with E-state index in [2.05, 4.69) is 36.2 Å². The Morgan fingerprint density at radius 3 is 2.61 bits per heavy atom. The number of amides is 1. The van der Waals surface area contributed by atoms with Crippen molar-refractivity contribution in [2.24, 2.45) is 0 Å². The molecule has 128 valence electrons. The summed E-state index contributed by atoms with van der Waals surface area (Å²) in [6.45, 7) is 10.6. The van der Waals surface area contributed by atoms with Crippen LogP contribution in [-0.4, -0.2) is 67.7 Å². The molecule has 0 aliphatic carbocycles. The van der Waals surface area contributed by atoms with Gasteiger partial charge in [0.25, 0.3) is 0 Å². The van der Waals surface area contributed by atoms with Gasteiger partial charge in [0.15, 0.2) is 0 Å². The maximum absolute atomic E-state index is 12.5. The molecule has 0 unspecified atom stereocenters. The lowest BCUT2D eigenvalue weighted by molar-refractivity contribution is -0.132. The molecule has 1 N–H and O–H groups in total. The first-order valence-corrected chi connectivity index (χ1v) is 8.51. The second-order valence-electron chi connectivity index (χ2n) is 6.23. The Bertz CT molecular complexity index is 459. The fourth-order valence-corrected chi connectivity index (χ4v) is 2.70. The van der Waals surface area contributed by atoms with Gasteiger partial charge in [-0.1, -0.05) is 30.3 Å². The zero-order chi connectivity index (χ0) is 16.5. The number of hydrogen-bond donors (Lipinski definition) is 1. The molecule has 1 aromatic rings. The number of nitrogens with one attached hydrogen (secondary N) is 1. The quantitative estimate of drug-likeness (QED) is 0.735. The van der Waals surface area contributed by atoms with Crippen LogP contribution in [0.4, 0.5) is 0 Å². The third kappa shape index (κ3) is 6.29. The normalized spacial score (nSPS) is 15.8. The van der Waals surface area contributed by atoms with E-state index in [0.29, 0.717) is 13.1 Å². The van der Waals surface area contributed by atoms with Crippen LogP contribution in [0.25, 0.3) is 0 Å². The molecule has 1 amide bonds. The van der Waals surface area contributed by atoms with E-state index >= 15 is 0 Å². The van der Waals surface area contributed by atoms with Crippen LogP contribution in [0, 0.1) is 0 Å². The summed E-state index contributed by atoms with van der Waals surface area (Å²) in [5, 5.41) is 3.28. The van der Waals surface area contributed by atoms with E-state index in [-0.39, 0.29) is 11.9 Å². The molecule has 0 atom stereocenters. The molecule has 1 heterocycles. The van der Waals surface area contributed by atoms with Crippen LogP contribution in [0.2, 0.25) is 0 Å². The minimum Gasteiger partial charge on any atom is -0.379 e. The number of ether oxygens (including phenoxy) is 1. The summed E-state index contributed by atoms with van der Waals surface area (Å²) in [6.07, 6.45) is 0. The van der Waals surface area contributed by atoms with E-state index in [1.54, 1.807) is 0 Å². The highest BCUT2D eigenvalue weighted by Gasteiger charge is 2.17. The second-order valence-corrected chi connectivity index (χ2v) is 6.23. The minimum atomic E-state index is 0.158. The third-order valence-corrected chi connectivity index (χ3v) is 4.12. The van der Waals surface area contributed by atoms with Gasteiger partial charge < -0.3 is 15.0 Å². The number of morpholine rings is 1. The molecule has 0 radical (unpaired) electrons. The average molecular weight is 319 g/mol. The lowest BCUT2D eigenvalue weighted by atomic mass is 10.2. The SMILES string of the molecule is CC(C)N(Cc1ccccc1)C(=O)CNCCN1CCOCC1. The predicted molar refractivity (Wildman–Crippen MR) is 92.3 cm³/mol. The summed E-state index contributed by atoms with van der Waals surface area (Å²) < 4.78 is 5.34. The van der Waals surface area contributed by atoms with Crippen molar-refractivity contribution in [3.63, 3.8) is 0 Å². The number of rotatable bonds is 8. The van der Waals surface area contributed by atoms with Crippen LogP contribution in [0.1, 0.15) is 19.4 Å². The third-order valence-electron chi connectivity index (χ3n) is 4.12. The highest BCUT2D eigenvalue weighted by molar-refractivity contribution is 5.78. The summed E-state index contributed by atoms with van der Waals surface area (Å²) >= 11 is 0. The van der Waals surface area contributed by atoms with Crippen LogP contribution >= 0.6 is 0 Å². The molecule has 23 heavy (non-hydrogen) atoms. The molecule has 0 bridgehead atoms. The molecule has 1 fully saturated rings. The van der Waals surface area contributed by atoms with Crippen LogP contribution in [0.15, 0.2) is 30.3 Å². The van der Waals surface area contributed by atoms with Gasteiger partial charge in [-0.15, -0.1) is 0 Å². The summed E-state index contributed by atoms with van der Waals surface area (Å²) in [7, 11) is 0. The van der Waals surface area contributed by atoms with Crippen molar-refractivity contribution in [3.8, 4) is 0 Å². The fraction of sp³-hybridized carbons (Fsp3) is 0.611. The summed E-state index contributed by atoms with van der Waals surface area (Å²) in [6, 6.07) is 10.3. The molecular weight excluding hydrogens is 290 g/mol. The van der Waals surface area contributed by atoms with Gasteiger partial charge in [0.2, 0.25) is 5.91 Å². The topological polar surface area (TPSA) is 44.8 Å². The van der Waals surface area contributed by atoms with E-state index in [1.165, 1.54) is 5.56 Å². The lowest BCUT2D eigenvalue weighted by Gasteiger charge is -2.28. The molecular formula is C18H29N3O2. The molecule has 0 spiro atoms. The van der Waals surface area contributed by atoms with E-state index < -0.39 is 0 Å². The molecule has 5 nitrogen and oxygen atoms in total. The zero-order valence-electron chi connectivity index (χ0n) is 14.3. The number of hydrogen-bond acceptors (Lipinski definition) is 4. The Morgan fingerprint density at radius 1 is 1.26 bits per heavy atom. The Balaban J connectivity index is 1.72. The molecule has 0 aromatic heterocycles. The average Bonchev–Trinajstić information content (AvgIpc) is 2.58. The molecule has 5 heteroatoms. The summed E-state index contributed by atoms with van der Waals surface area (Å²) in [5.41, 5.74) is 1.17. The largest absolute Gasteiger partial charge is 0.379 e. The summed E-state index contributed by atoms with van der Waals surface area (Å²) in [5.74, 6) is 0.158. The zero-order valence-corrected chi connectivity index (χ0v) is 14.3. The van der Waals surface area contributed by atoms with Crippen molar-refractivity contribution in [2.45, 2.75) is 26.4 Å². The molecule has 1 aliphatic rings.